The Kier molecular flexibility index (Phi) is 4.95. The van der Waals surface area contributed by atoms with E-state index in [2.05, 4.69) is 5.32 Å². The minimum atomic E-state index is -0.422. The zero-order valence-electron chi connectivity index (χ0n) is 12.2. The van der Waals surface area contributed by atoms with Crippen molar-refractivity contribution < 1.29 is 15.1 Å². The van der Waals surface area contributed by atoms with Crippen LogP contribution in [0.25, 0.3) is 0 Å². The van der Waals surface area contributed by atoms with Gasteiger partial charge in [0.25, 0.3) is 5.69 Å². The number of hydrogen-bond donors (Lipinski definition) is 3. The Bertz CT molecular complexity index is 656. The van der Waals surface area contributed by atoms with Crippen LogP contribution in [0, 0.1) is 10.1 Å². The Morgan fingerprint density at radius 1 is 1.18 bits per heavy atom. The van der Waals surface area contributed by atoms with Gasteiger partial charge in [-0.3, -0.25) is 10.1 Å². The summed E-state index contributed by atoms with van der Waals surface area (Å²) in [5, 5.41) is 33.1. The minimum Gasteiger partial charge on any atom is -0.508 e. The average molecular weight is 302 g/mol. The molecule has 1 unspecified atom stereocenters. The molecule has 0 aliphatic heterocycles. The van der Waals surface area contributed by atoms with Crippen molar-refractivity contribution in [1.82, 2.24) is 5.32 Å². The first-order valence-electron chi connectivity index (χ1n) is 6.96. The van der Waals surface area contributed by atoms with E-state index in [4.69, 9.17) is 0 Å². The molecule has 0 spiro atoms. The highest BCUT2D eigenvalue weighted by Gasteiger charge is 2.11. The summed E-state index contributed by atoms with van der Waals surface area (Å²) >= 11 is 0. The second-order valence-corrected chi connectivity index (χ2v) is 5.09. The Balaban J connectivity index is 1.90. The second kappa shape index (κ2) is 6.91. The third kappa shape index (κ3) is 3.95. The Hall–Kier alpha value is -2.60. The van der Waals surface area contributed by atoms with Gasteiger partial charge in [-0.1, -0.05) is 12.1 Å². The van der Waals surface area contributed by atoms with E-state index in [0.717, 1.165) is 5.56 Å². The van der Waals surface area contributed by atoms with Crippen molar-refractivity contribution in [3.8, 4) is 11.5 Å². The number of nitro groups is 1. The average Bonchev–Trinajstić information content (AvgIpc) is 2.50. The van der Waals surface area contributed by atoms with E-state index in [9.17, 15) is 20.3 Å². The van der Waals surface area contributed by atoms with Crippen molar-refractivity contribution in [2.45, 2.75) is 19.4 Å². The first kappa shape index (κ1) is 15.8. The fraction of sp³-hybridized carbons (Fsp3) is 0.250. The van der Waals surface area contributed by atoms with Crippen molar-refractivity contribution >= 4 is 5.69 Å². The lowest BCUT2D eigenvalue weighted by molar-refractivity contribution is -0.384. The monoisotopic (exact) mass is 302 g/mol. The fourth-order valence-electron chi connectivity index (χ4n) is 2.22. The van der Waals surface area contributed by atoms with Gasteiger partial charge in [0, 0.05) is 23.7 Å². The van der Waals surface area contributed by atoms with Crippen LogP contribution in [-0.4, -0.2) is 21.7 Å². The highest BCUT2D eigenvalue weighted by Crippen LogP contribution is 2.27. The molecule has 0 saturated carbocycles. The van der Waals surface area contributed by atoms with Crippen molar-refractivity contribution in [1.29, 1.82) is 0 Å². The molecule has 3 N–H and O–H groups in total. The third-order valence-corrected chi connectivity index (χ3v) is 3.49. The van der Waals surface area contributed by atoms with Crippen molar-refractivity contribution in [2.24, 2.45) is 0 Å². The van der Waals surface area contributed by atoms with Crippen LogP contribution in [-0.2, 0) is 6.42 Å². The van der Waals surface area contributed by atoms with Gasteiger partial charge in [0.15, 0.2) is 0 Å². The molecule has 0 fully saturated rings. The van der Waals surface area contributed by atoms with Gasteiger partial charge in [0.2, 0.25) is 0 Å². The number of nitrogens with one attached hydrogen (secondary N) is 1. The Morgan fingerprint density at radius 3 is 2.50 bits per heavy atom. The molecular formula is C16H18N2O4. The molecule has 2 rings (SSSR count). The summed E-state index contributed by atoms with van der Waals surface area (Å²) in [6, 6.07) is 10.7. The SMILES string of the molecule is CC(NCCc1ccc([N+](=O)[O-])cc1)c1cc(O)ccc1O. The fourth-order valence-corrected chi connectivity index (χ4v) is 2.22. The molecule has 22 heavy (non-hydrogen) atoms. The summed E-state index contributed by atoms with van der Waals surface area (Å²) in [5.74, 6) is 0.241. The van der Waals surface area contributed by atoms with Crippen molar-refractivity contribution in [2.75, 3.05) is 6.54 Å². The lowest BCUT2D eigenvalue weighted by Crippen LogP contribution is -2.21. The molecule has 6 nitrogen and oxygen atoms in total. The van der Waals surface area contributed by atoms with Crippen LogP contribution >= 0.6 is 0 Å². The maximum absolute atomic E-state index is 10.6. The maximum Gasteiger partial charge on any atom is 0.269 e. The molecule has 1 atom stereocenters. The summed E-state index contributed by atoms with van der Waals surface area (Å²) in [5.41, 5.74) is 1.70. The van der Waals surface area contributed by atoms with E-state index in [1.807, 2.05) is 6.92 Å². The molecule has 0 bridgehead atoms. The van der Waals surface area contributed by atoms with Gasteiger partial charge in [-0.15, -0.1) is 0 Å². The van der Waals surface area contributed by atoms with Gasteiger partial charge in [0.05, 0.1) is 4.92 Å². The van der Waals surface area contributed by atoms with Gasteiger partial charge < -0.3 is 15.5 Å². The Morgan fingerprint density at radius 2 is 1.86 bits per heavy atom. The molecule has 0 aliphatic carbocycles. The maximum atomic E-state index is 10.6. The van der Waals surface area contributed by atoms with Crippen LogP contribution in [0.1, 0.15) is 24.1 Å². The van der Waals surface area contributed by atoms with E-state index >= 15 is 0 Å². The molecule has 0 radical (unpaired) electrons. The number of nitrogens with zero attached hydrogens (tertiary/aromatic N) is 1. The minimum absolute atomic E-state index is 0.0785. The predicted octanol–water partition coefficient (Wildman–Crippen LogP) is 2.90. The zero-order valence-corrected chi connectivity index (χ0v) is 12.2. The molecule has 6 heteroatoms. The lowest BCUT2D eigenvalue weighted by Gasteiger charge is -2.16. The summed E-state index contributed by atoms with van der Waals surface area (Å²) < 4.78 is 0. The summed E-state index contributed by atoms with van der Waals surface area (Å²) in [7, 11) is 0. The number of hydrogen-bond acceptors (Lipinski definition) is 5. The van der Waals surface area contributed by atoms with Crippen molar-refractivity contribution in [3.05, 3.63) is 63.7 Å². The van der Waals surface area contributed by atoms with E-state index in [1.165, 1.54) is 30.3 Å². The first-order valence-corrected chi connectivity index (χ1v) is 6.96. The summed E-state index contributed by atoms with van der Waals surface area (Å²) in [4.78, 5) is 10.2. The van der Waals surface area contributed by atoms with E-state index in [-0.39, 0.29) is 23.2 Å². The molecule has 2 aromatic rings. The van der Waals surface area contributed by atoms with Crippen LogP contribution in [0.4, 0.5) is 5.69 Å². The standard InChI is InChI=1S/C16H18N2O4/c1-11(15-10-14(19)6-7-16(15)20)17-9-8-12-2-4-13(5-3-12)18(21)22/h2-7,10-11,17,19-20H,8-9H2,1H3. The third-order valence-electron chi connectivity index (χ3n) is 3.49. The predicted molar refractivity (Wildman–Crippen MR) is 83.0 cm³/mol. The number of rotatable bonds is 6. The number of nitro benzene ring substituents is 1. The molecule has 2 aromatic carbocycles. The van der Waals surface area contributed by atoms with Gasteiger partial charge >= 0.3 is 0 Å². The molecule has 0 aliphatic rings. The van der Waals surface area contributed by atoms with Gasteiger partial charge in [-0.2, -0.15) is 0 Å². The highest BCUT2D eigenvalue weighted by atomic mass is 16.6. The smallest absolute Gasteiger partial charge is 0.269 e. The summed E-state index contributed by atoms with van der Waals surface area (Å²) in [6.07, 6.45) is 0.710. The number of non-ortho nitro benzene ring substituents is 1. The van der Waals surface area contributed by atoms with Crippen LogP contribution in [0.5, 0.6) is 11.5 Å². The zero-order chi connectivity index (χ0) is 16.1. The normalized spacial score (nSPS) is 12.0. The molecule has 116 valence electrons. The number of aromatic hydroxyl groups is 2. The van der Waals surface area contributed by atoms with E-state index in [0.29, 0.717) is 18.5 Å². The lowest BCUT2D eigenvalue weighted by atomic mass is 10.1. The van der Waals surface area contributed by atoms with Gasteiger partial charge in [0.1, 0.15) is 11.5 Å². The number of phenolic OH excluding ortho intramolecular Hbond substituents is 2. The van der Waals surface area contributed by atoms with Crippen LogP contribution < -0.4 is 5.32 Å². The van der Waals surface area contributed by atoms with Crippen LogP contribution in [0.3, 0.4) is 0 Å². The van der Waals surface area contributed by atoms with Gasteiger partial charge in [-0.25, -0.2) is 0 Å². The number of phenols is 2. The topological polar surface area (TPSA) is 95.6 Å². The van der Waals surface area contributed by atoms with E-state index in [1.54, 1.807) is 12.1 Å². The number of benzene rings is 2. The van der Waals surface area contributed by atoms with Crippen molar-refractivity contribution in [3.63, 3.8) is 0 Å². The summed E-state index contributed by atoms with van der Waals surface area (Å²) in [6.45, 7) is 2.54. The second-order valence-electron chi connectivity index (χ2n) is 5.09. The largest absolute Gasteiger partial charge is 0.508 e. The molecular weight excluding hydrogens is 284 g/mol. The quantitative estimate of drug-likeness (QED) is 0.433. The molecule has 0 heterocycles. The van der Waals surface area contributed by atoms with Crippen LogP contribution in [0.15, 0.2) is 42.5 Å². The van der Waals surface area contributed by atoms with E-state index < -0.39 is 4.92 Å². The Labute approximate surface area is 128 Å². The highest BCUT2D eigenvalue weighted by molar-refractivity contribution is 5.40. The first-order chi connectivity index (χ1) is 10.5. The molecule has 0 saturated heterocycles. The molecule has 0 aromatic heterocycles. The van der Waals surface area contributed by atoms with Crippen LogP contribution in [0.2, 0.25) is 0 Å². The van der Waals surface area contributed by atoms with Gasteiger partial charge in [-0.05, 0) is 43.7 Å². The molecule has 0 amide bonds.